The van der Waals surface area contributed by atoms with E-state index in [-0.39, 0.29) is 23.1 Å². The number of fused-ring (bicyclic) bond motifs is 3. The van der Waals surface area contributed by atoms with Gasteiger partial charge in [0.15, 0.2) is 23.3 Å². The Morgan fingerprint density at radius 1 is 1.00 bits per heavy atom. The highest BCUT2D eigenvalue weighted by Gasteiger charge is 2.32. The Bertz CT molecular complexity index is 1030. The molecule has 2 aliphatic carbocycles. The summed E-state index contributed by atoms with van der Waals surface area (Å²) in [6, 6.07) is 3.25. The Morgan fingerprint density at radius 2 is 1.70 bits per heavy atom. The number of hydrogen-bond donors (Lipinski definition) is 0. The molecule has 4 rings (SSSR count). The first-order chi connectivity index (χ1) is 14.5. The highest BCUT2D eigenvalue weighted by molar-refractivity contribution is 5.81. The molecular weight excluding hydrogens is 388 g/mol. The fourth-order valence-corrected chi connectivity index (χ4v) is 4.87. The van der Waals surface area contributed by atoms with Crippen LogP contribution in [-0.2, 0) is 12.8 Å². The average molecular weight is 414 g/mol. The van der Waals surface area contributed by atoms with Crippen LogP contribution < -0.4 is 0 Å². The second-order valence-electron chi connectivity index (χ2n) is 8.45. The van der Waals surface area contributed by atoms with Crippen molar-refractivity contribution < 1.29 is 17.6 Å². The Morgan fingerprint density at radius 3 is 2.33 bits per heavy atom. The van der Waals surface area contributed by atoms with E-state index in [4.69, 9.17) is 0 Å². The quantitative estimate of drug-likeness (QED) is 0.284. The summed E-state index contributed by atoms with van der Waals surface area (Å²) in [5.41, 5.74) is 2.18. The predicted molar refractivity (Wildman–Crippen MR) is 113 cm³/mol. The third-order valence-corrected chi connectivity index (χ3v) is 6.45. The molecule has 158 valence electrons. The van der Waals surface area contributed by atoms with E-state index in [0.29, 0.717) is 41.9 Å². The van der Waals surface area contributed by atoms with E-state index in [1.54, 1.807) is 12.1 Å². The van der Waals surface area contributed by atoms with Crippen molar-refractivity contribution in [2.45, 2.75) is 58.3 Å². The normalized spacial score (nSPS) is 17.5. The van der Waals surface area contributed by atoms with Gasteiger partial charge in [-0.05, 0) is 79.2 Å². The van der Waals surface area contributed by atoms with E-state index in [2.05, 4.69) is 6.58 Å². The Kier molecular flexibility index (Phi) is 5.86. The molecule has 0 fully saturated rings. The van der Waals surface area contributed by atoms with Gasteiger partial charge in [0, 0.05) is 16.7 Å². The van der Waals surface area contributed by atoms with Gasteiger partial charge in [0.05, 0.1) is 0 Å². The van der Waals surface area contributed by atoms with Crippen molar-refractivity contribution in [1.29, 1.82) is 0 Å². The number of rotatable bonds is 6. The van der Waals surface area contributed by atoms with Crippen molar-refractivity contribution in [3.63, 3.8) is 0 Å². The van der Waals surface area contributed by atoms with Gasteiger partial charge >= 0.3 is 0 Å². The van der Waals surface area contributed by atoms with Crippen LogP contribution in [0, 0.1) is 29.2 Å². The van der Waals surface area contributed by atoms with Gasteiger partial charge in [-0.25, -0.2) is 17.6 Å². The smallest absolute Gasteiger partial charge is 0.167 e. The van der Waals surface area contributed by atoms with Crippen LogP contribution in [0.4, 0.5) is 17.6 Å². The Balaban J connectivity index is 1.72. The molecule has 0 heterocycles. The van der Waals surface area contributed by atoms with E-state index >= 15 is 8.78 Å². The molecule has 0 N–H and O–H groups in total. The van der Waals surface area contributed by atoms with Crippen LogP contribution >= 0.6 is 0 Å². The van der Waals surface area contributed by atoms with Gasteiger partial charge in [-0.3, -0.25) is 0 Å². The van der Waals surface area contributed by atoms with Gasteiger partial charge in [0.2, 0.25) is 0 Å². The standard InChI is InChI=1S/C26H26F4/c1-3-5-7-15-8-10-16(11-9-15)20-14-19-13-18-12-17(6-4-2)23(27)25(29)21(18)22(19)26(30)24(20)28/h3,10,12,14-15H,1,4-9,11,13H2,2H3. The van der Waals surface area contributed by atoms with Crippen LogP contribution in [0.3, 0.4) is 0 Å². The third-order valence-electron chi connectivity index (χ3n) is 6.45. The lowest BCUT2D eigenvalue weighted by atomic mass is 9.83. The van der Waals surface area contributed by atoms with Crippen LogP contribution in [0.5, 0.6) is 0 Å². The predicted octanol–water partition coefficient (Wildman–Crippen LogP) is 7.92. The molecule has 2 aromatic carbocycles. The number of aryl methyl sites for hydroxylation is 1. The number of allylic oxidation sites excluding steroid dienone is 3. The van der Waals surface area contributed by atoms with Crippen molar-refractivity contribution >= 4 is 5.57 Å². The molecule has 2 aliphatic rings. The maximum absolute atomic E-state index is 15.1. The average Bonchev–Trinajstić information content (AvgIpc) is 3.12. The van der Waals surface area contributed by atoms with E-state index in [9.17, 15) is 8.78 Å². The Labute approximate surface area is 175 Å². The first-order valence-electron chi connectivity index (χ1n) is 10.8. The van der Waals surface area contributed by atoms with E-state index < -0.39 is 23.3 Å². The first-order valence-corrected chi connectivity index (χ1v) is 10.8. The topological polar surface area (TPSA) is 0 Å². The Hall–Kier alpha value is -2.36. The second kappa shape index (κ2) is 8.41. The zero-order valence-electron chi connectivity index (χ0n) is 17.3. The van der Waals surface area contributed by atoms with Gasteiger partial charge in [-0.2, -0.15) is 0 Å². The molecule has 30 heavy (non-hydrogen) atoms. The lowest BCUT2D eigenvalue weighted by Gasteiger charge is -2.22. The summed E-state index contributed by atoms with van der Waals surface area (Å²) in [5.74, 6) is -3.52. The van der Waals surface area contributed by atoms with Crippen molar-refractivity contribution in [3.8, 4) is 11.1 Å². The minimum Gasteiger partial charge on any atom is -0.203 e. The fourth-order valence-electron chi connectivity index (χ4n) is 4.87. The molecular formula is C26H26F4. The molecule has 4 heteroatoms. The molecule has 0 aliphatic heterocycles. The van der Waals surface area contributed by atoms with Gasteiger partial charge in [0.25, 0.3) is 0 Å². The second-order valence-corrected chi connectivity index (χ2v) is 8.45. The van der Waals surface area contributed by atoms with Crippen molar-refractivity contribution in [1.82, 2.24) is 0 Å². The van der Waals surface area contributed by atoms with Crippen molar-refractivity contribution in [2.24, 2.45) is 5.92 Å². The highest BCUT2D eigenvalue weighted by Crippen LogP contribution is 2.45. The zero-order valence-corrected chi connectivity index (χ0v) is 17.3. The number of halogens is 4. The summed E-state index contributed by atoms with van der Waals surface area (Å²) in [6.45, 7) is 5.64. The van der Waals surface area contributed by atoms with Gasteiger partial charge in [0.1, 0.15) is 0 Å². The largest absolute Gasteiger partial charge is 0.203 e. The van der Waals surface area contributed by atoms with E-state index in [1.807, 2.05) is 19.1 Å². The summed E-state index contributed by atoms with van der Waals surface area (Å²) in [4.78, 5) is 0. The molecule has 0 saturated heterocycles. The van der Waals surface area contributed by atoms with Crippen LogP contribution in [0.25, 0.3) is 16.7 Å². The summed E-state index contributed by atoms with van der Waals surface area (Å²) < 4.78 is 59.4. The minimum atomic E-state index is -1.07. The van der Waals surface area contributed by atoms with Gasteiger partial charge in [-0.15, -0.1) is 6.58 Å². The van der Waals surface area contributed by atoms with Gasteiger partial charge in [-0.1, -0.05) is 31.6 Å². The molecule has 0 bridgehead atoms. The third kappa shape index (κ3) is 3.51. The van der Waals surface area contributed by atoms with Crippen LogP contribution in [-0.4, -0.2) is 0 Å². The molecule has 0 spiro atoms. The lowest BCUT2D eigenvalue weighted by molar-refractivity contribution is 0.452. The first kappa shape index (κ1) is 20.9. The summed E-state index contributed by atoms with van der Waals surface area (Å²) in [7, 11) is 0. The molecule has 1 unspecified atom stereocenters. The van der Waals surface area contributed by atoms with Crippen LogP contribution in [0.1, 0.15) is 67.7 Å². The van der Waals surface area contributed by atoms with E-state index in [1.165, 1.54) is 0 Å². The monoisotopic (exact) mass is 414 g/mol. The summed E-state index contributed by atoms with van der Waals surface area (Å²) in [6.07, 6.45) is 9.74. The van der Waals surface area contributed by atoms with Crippen molar-refractivity contribution in [3.05, 3.63) is 76.4 Å². The van der Waals surface area contributed by atoms with E-state index in [0.717, 1.165) is 31.3 Å². The number of hydrogen-bond acceptors (Lipinski definition) is 0. The van der Waals surface area contributed by atoms with Crippen LogP contribution in [0.15, 0.2) is 30.9 Å². The molecule has 0 radical (unpaired) electrons. The molecule has 2 aromatic rings. The fraction of sp³-hybridized carbons (Fsp3) is 0.385. The highest BCUT2D eigenvalue weighted by atomic mass is 19.2. The van der Waals surface area contributed by atoms with Gasteiger partial charge < -0.3 is 0 Å². The molecule has 0 saturated carbocycles. The molecule has 0 nitrogen and oxygen atoms in total. The number of benzene rings is 2. The van der Waals surface area contributed by atoms with Crippen molar-refractivity contribution in [2.75, 3.05) is 0 Å². The molecule has 0 aromatic heterocycles. The maximum atomic E-state index is 15.1. The lowest BCUT2D eigenvalue weighted by Crippen LogP contribution is -2.07. The summed E-state index contributed by atoms with van der Waals surface area (Å²) >= 11 is 0. The van der Waals surface area contributed by atoms with Crippen LogP contribution in [0.2, 0.25) is 0 Å². The zero-order chi connectivity index (χ0) is 21.4. The minimum absolute atomic E-state index is 0.118. The maximum Gasteiger partial charge on any atom is 0.167 e. The molecule has 0 amide bonds. The SMILES string of the molecule is C=CCCC1CC=C(c2cc3c(c(F)c2F)-c2c(cc(CCC)c(F)c2F)C3)CC1. The molecule has 1 atom stereocenters. The summed E-state index contributed by atoms with van der Waals surface area (Å²) in [5, 5.41) is 0.